The van der Waals surface area contributed by atoms with E-state index in [1.807, 2.05) is 0 Å². The first-order valence-electron chi connectivity index (χ1n) is 7.69. The SMILES string of the molecule is C1CCC2C(C1)CC1NC2C2CCCCC12. The van der Waals surface area contributed by atoms with Crippen LogP contribution in [0.5, 0.6) is 0 Å². The molecule has 2 bridgehead atoms. The summed E-state index contributed by atoms with van der Waals surface area (Å²) in [6, 6.07) is 1.86. The van der Waals surface area contributed by atoms with Crippen LogP contribution in [0.15, 0.2) is 0 Å². The lowest BCUT2D eigenvalue weighted by Gasteiger charge is -2.42. The van der Waals surface area contributed by atoms with Gasteiger partial charge in [0.1, 0.15) is 0 Å². The van der Waals surface area contributed by atoms with Gasteiger partial charge in [0.15, 0.2) is 0 Å². The van der Waals surface area contributed by atoms with Gasteiger partial charge in [0.2, 0.25) is 0 Å². The third kappa shape index (κ3) is 1.33. The van der Waals surface area contributed by atoms with Gasteiger partial charge in [-0.05, 0) is 49.4 Å². The van der Waals surface area contributed by atoms with Crippen molar-refractivity contribution in [2.75, 3.05) is 0 Å². The van der Waals surface area contributed by atoms with Gasteiger partial charge in [-0.15, -0.1) is 0 Å². The average molecular weight is 219 g/mol. The Morgan fingerprint density at radius 1 is 0.688 bits per heavy atom. The molecule has 4 rings (SSSR count). The highest BCUT2D eigenvalue weighted by Gasteiger charge is 2.52. The van der Waals surface area contributed by atoms with Crippen molar-refractivity contribution in [3.63, 3.8) is 0 Å². The van der Waals surface area contributed by atoms with Crippen molar-refractivity contribution in [2.24, 2.45) is 23.7 Å². The molecular weight excluding hydrogens is 194 g/mol. The molecule has 1 N–H and O–H groups in total. The summed E-state index contributed by atoms with van der Waals surface area (Å²) in [5, 5.41) is 4.03. The summed E-state index contributed by atoms with van der Waals surface area (Å²) in [7, 11) is 0. The standard InChI is InChI=1S/C15H25N/c1-2-6-11-10(5-1)9-14-12-7-3-4-8-13(12)15(11)16-14/h10-16H,1-9H2. The second-order valence-corrected chi connectivity index (χ2v) is 6.86. The van der Waals surface area contributed by atoms with E-state index < -0.39 is 0 Å². The Morgan fingerprint density at radius 2 is 1.38 bits per heavy atom. The van der Waals surface area contributed by atoms with E-state index in [0.29, 0.717) is 0 Å². The van der Waals surface area contributed by atoms with Crippen LogP contribution in [0.1, 0.15) is 57.8 Å². The van der Waals surface area contributed by atoms with Gasteiger partial charge in [-0.2, -0.15) is 0 Å². The summed E-state index contributed by atoms with van der Waals surface area (Å²) in [6.07, 6.45) is 13.8. The van der Waals surface area contributed by atoms with Crippen LogP contribution in [0.25, 0.3) is 0 Å². The molecule has 0 aromatic carbocycles. The maximum atomic E-state index is 4.03. The van der Waals surface area contributed by atoms with Crippen LogP contribution in [0.4, 0.5) is 0 Å². The molecule has 2 aliphatic carbocycles. The molecule has 0 aromatic rings. The fourth-order valence-electron chi connectivity index (χ4n) is 5.64. The summed E-state index contributed by atoms with van der Waals surface area (Å²) >= 11 is 0. The molecule has 0 amide bonds. The predicted octanol–water partition coefficient (Wildman–Crippen LogP) is 3.34. The van der Waals surface area contributed by atoms with Crippen molar-refractivity contribution < 1.29 is 0 Å². The normalized spacial score (nSPS) is 55.5. The van der Waals surface area contributed by atoms with Crippen molar-refractivity contribution in [2.45, 2.75) is 69.9 Å². The Balaban J connectivity index is 1.62. The summed E-state index contributed by atoms with van der Waals surface area (Å²) in [5.74, 6) is 4.32. The van der Waals surface area contributed by atoms with E-state index >= 15 is 0 Å². The number of hydrogen-bond donors (Lipinski definition) is 1. The fraction of sp³-hybridized carbons (Fsp3) is 1.00. The zero-order valence-electron chi connectivity index (χ0n) is 10.3. The smallest absolute Gasteiger partial charge is 0.0132 e. The molecule has 0 aromatic heterocycles. The molecule has 4 aliphatic rings. The molecule has 0 radical (unpaired) electrons. The number of piperidine rings is 1. The second-order valence-electron chi connectivity index (χ2n) is 6.86. The highest BCUT2D eigenvalue weighted by molar-refractivity contribution is 5.07. The summed E-state index contributed by atoms with van der Waals surface area (Å²) in [6.45, 7) is 0. The zero-order chi connectivity index (χ0) is 10.5. The van der Waals surface area contributed by atoms with Gasteiger partial charge in [0, 0.05) is 12.1 Å². The van der Waals surface area contributed by atoms with Crippen LogP contribution in [-0.4, -0.2) is 12.1 Å². The Morgan fingerprint density at radius 3 is 2.25 bits per heavy atom. The molecule has 2 saturated heterocycles. The molecule has 16 heavy (non-hydrogen) atoms. The Bertz CT molecular complexity index is 269. The Hall–Kier alpha value is -0.0400. The van der Waals surface area contributed by atoms with Crippen molar-refractivity contribution in [1.29, 1.82) is 0 Å². The summed E-state index contributed by atoms with van der Waals surface area (Å²) < 4.78 is 0. The van der Waals surface area contributed by atoms with Crippen LogP contribution in [0.3, 0.4) is 0 Å². The van der Waals surface area contributed by atoms with Crippen molar-refractivity contribution in [3.8, 4) is 0 Å². The van der Waals surface area contributed by atoms with E-state index in [9.17, 15) is 0 Å². The maximum absolute atomic E-state index is 4.03. The van der Waals surface area contributed by atoms with Crippen LogP contribution in [0, 0.1) is 23.7 Å². The maximum Gasteiger partial charge on any atom is 0.0132 e. The second kappa shape index (κ2) is 3.73. The number of hydrogen-bond acceptors (Lipinski definition) is 1. The molecule has 90 valence electrons. The fourth-order valence-corrected chi connectivity index (χ4v) is 5.64. The van der Waals surface area contributed by atoms with E-state index in [-0.39, 0.29) is 0 Å². The molecule has 0 spiro atoms. The summed E-state index contributed by atoms with van der Waals surface area (Å²) in [4.78, 5) is 0. The molecule has 2 saturated carbocycles. The zero-order valence-corrected chi connectivity index (χ0v) is 10.3. The molecule has 4 fully saturated rings. The minimum absolute atomic E-state index is 0.926. The number of rotatable bonds is 0. The largest absolute Gasteiger partial charge is 0.310 e. The first-order valence-corrected chi connectivity index (χ1v) is 7.69. The minimum Gasteiger partial charge on any atom is -0.310 e. The quantitative estimate of drug-likeness (QED) is 0.659. The van der Waals surface area contributed by atoms with Crippen molar-refractivity contribution >= 4 is 0 Å². The lowest BCUT2D eigenvalue weighted by molar-refractivity contribution is 0.123. The Kier molecular flexibility index (Phi) is 2.32. The third-order valence-electron chi connectivity index (χ3n) is 6.25. The molecule has 1 heteroatoms. The number of fused-ring (bicyclic) bond motifs is 7. The van der Waals surface area contributed by atoms with E-state index in [0.717, 1.165) is 35.8 Å². The number of nitrogens with one attached hydrogen (secondary N) is 1. The van der Waals surface area contributed by atoms with Gasteiger partial charge < -0.3 is 5.32 Å². The van der Waals surface area contributed by atoms with Gasteiger partial charge in [-0.3, -0.25) is 0 Å². The van der Waals surface area contributed by atoms with Crippen LogP contribution in [0.2, 0.25) is 0 Å². The summed E-state index contributed by atoms with van der Waals surface area (Å²) in [5.41, 5.74) is 0. The first-order chi connectivity index (χ1) is 7.93. The molecule has 2 aliphatic heterocycles. The van der Waals surface area contributed by atoms with Gasteiger partial charge in [-0.25, -0.2) is 0 Å². The molecule has 6 atom stereocenters. The lowest BCUT2D eigenvalue weighted by atomic mass is 9.70. The topological polar surface area (TPSA) is 12.0 Å². The van der Waals surface area contributed by atoms with Gasteiger partial charge >= 0.3 is 0 Å². The van der Waals surface area contributed by atoms with E-state index in [2.05, 4.69) is 5.32 Å². The van der Waals surface area contributed by atoms with Crippen molar-refractivity contribution in [1.82, 2.24) is 5.32 Å². The van der Waals surface area contributed by atoms with E-state index in [1.54, 1.807) is 12.8 Å². The first kappa shape index (κ1) is 9.94. The Labute approximate surface area is 99.4 Å². The third-order valence-corrected chi connectivity index (χ3v) is 6.25. The van der Waals surface area contributed by atoms with Crippen LogP contribution >= 0.6 is 0 Å². The van der Waals surface area contributed by atoms with E-state index in [1.165, 1.54) is 44.9 Å². The monoisotopic (exact) mass is 219 g/mol. The molecule has 1 nitrogen and oxygen atoms in total. The van der Waals surface area contributed by atoms with Crippen LogP contribution < -0.4 is 5.32 Å². The highest BCUT2D eigenvalue weighted by atomic mass is 15.0. The van der Waals surface area contributed by atoms with Gasteiger partial charge in [-0.1, -0.05) is 32.1 Å². The predicted molar refractivity (Wildman–Crippen MR) is 66.2 cm³/mol. The minimum atomic E-state index is 0.926. The molecular formula is C15H25N. The molecule has 6 unspecified atom stereocenters. The van der Waals surface area contributed by atoms with Gasteiger partial charge in [0.05, 0.1) is 0 Å². The van der Waals surface area contributed by atoms with Gasteiger partial charge in [0.25, 0.3) is 0 Å². The highest BCUT2D eigenvalue weighted by Crippen LogP contribution is 2.52. The van der Waals surface area contributed by atoms with Crippen LogP contribution in [-0.2, 0) is 0 Å². The van der Waals surface area contributed by atoms with Crippen molar-refractivity contribution in [3.05, 3.63) is 0 Å². The average Bonchev–Trinajstić information content (AvgIpc) is 2.65. The van der Waals surface area contributed by atoms with E-state index in [4.69, 9.17) is 0 Å². The molecule has 2 heterocycles. The lowest BCUT2D eigenvalue weighted by Crippen LogP contribution is -2.48.